The molecule has 1 fully saturated rings. The fourth-order valence-corrected chi connectivity index (χ4v) is 2.77. The van der Waals surface area contributed by atoms with Gasteiger partial charge >= 0.3 is 6.75 Å². The standard InChI is InChI=1S/C12H13BFO6/c14-3-4-19-9-2-1-6-7-5-8(7)13(17,18)20-11(6)10(9)12(15)16/h1-2,7-8,17-18H,3-5H2,(H,15,16)/q-1/p-1. The highest BCUT2D eigenvalue weighted by atomic mass is 19.1. The third kappa shape index (κ3) is 1.92. The number of rotatable bonds is 4. The van der Waals surface area contributed by atoms with Gasteiger partial charge in [0.15, 0.2) is 0 Å². The Morgan fingerprint density at radius 1 is 1.55 bits per heavy atom. The molecule has 0 radical (unpaired) electrons. The molecule has 0 amide bonds. The molecule has 3 rings (SSSR count). The van der Waals surface area contributed by atoms with Crippen LogP contribution in [0.3, 0.4) is 0 Å². The lowest BCUT2D eigenvalue weighted by molar-refractivity contribution is -0.255. The molecule has 8 heteroatoms. The summed E-state index contributed by atoms with van der Waals surface area (Å²) in [6.07, 6.45) is 0.525. The monoisotopic (exact) mass is 282 g/mol. The molecule has 0 aromatic heterocycles. The molecule has 0 bridgehead atoms. The van der Waals surface area contributed by atoms with Crippen molar-refractivity contribution in [3.63, 3.8) is 0 Å². The summed E-state index contributed by atoms with van der Waals surface area (Å²) in [5.74, 6) is -2.37. The minimum absolute atomic E-state index is 0.105. The number of hydrogen-bond donors (Lipinski definition) is 2. The minimum atomic E-state index is -3.09. The molecule has 6 nitrogen and oxygen atoms in total. The van der Waals surface area contributed by atoms with Crippen LogP contribution in [0.25, 0.3) is 0 Å². The predicted molar refractivity (Wildman–Crippen MR) is 64.2 cm³/mol. The van der Waals surface area contributed by atoms with Crippen LogP contribution in [-0.4, -0.2) is 36.1 Å². The van der Waals surface area contributed by atoms with Crippen molar-refractivity contribution in [2.45, 2.75) is 18.2 Å². The van der Waals surface area contributed by atoms with Gasteiger partial charge in [0.05, 0.1) is 17.3 Å². The Hall–Kier alpha value is -1.80. The van der Waals surface area contributed by atoms with E-state index in [1.807, 2.05) is 0 Å². The van der Waals surface area contributed by atoms with Gasteiger partial charge in [-0.1, -0.05) is 18.3 Å². The Morgan fingerprint density at radius 3 is 2.95 bits per heavy atom. The number of ether oxygens (including phenoxy) is 1. The maximum absolute atomic E-state index is 12.1. The number of hydrogen-bond acceptors (Lipinski definition) is 6. The summed E-state index contributed by atoms with van der Waals surface area (Å²) in [5, 5.41) is 30.8. The van der Waals surface area contributed by atoms with Gasteiger partial charge in [-0.15, -0.1) is 0 Å². The van der Waals surface area contributed by atoms with E-state index in [9.17, 15) is 24.3 Å². The number of halogens is 1. The summed E-state index contributed by atoms with van der Waals surface area (Å²) in [5.41, 5.74) is 0.179. The molecule has 1 aliphatic carbocycles. The molecule has 2 atom stereocenters. The lowest BCUT2D eigenvalue weighted by Gasteiger charge is -2.38. The zero-order valence-electron chi connectivity index (χ0n) is 10.4. The van der Waals surface area contributed by atoms with E-state index in [0.29, 0.717) is 12.0 Å². The van der Waals surface area contributed by atoms with Crippen molar-refractivity contribution in [2.75, 3.05) is 13.3 Å². The first-order chi connectivity index (χ1) is 9.45. The van der Waals surface area contributed by atoms with Gasteiger partial charge < -0.3 is 29.3 Å². The SMILES string of the molecule is O=C([O-])c1c(OCCF)ccc2c1O[B-](O)(O)C1CC21. The second-order valence-corrected chi connectivity index (χ2v) is 5.07. The van der Waals surface area contributed by atoms with Crippen molar-refractivity contribution in [3.8, 4) is 11.5 Å². The van der Waals surface area contributed by atoms with Gasteiger partial charge in [0.25, 0.3) is 0 Å². The Morgan fingerprint density at radius 2 is 2.30 bits per heavy atom. The maximum Gasteiger partial charge on any atom is 0.434 e. The molecule has 2 unspecified atom stereocenters. The van der Waals surface area contributed by atoms with Gasteiger partial charge in [-0.25, -0.2) is 4.39 Å². The van der Waals surface area contributed by atoms with Crippen molar-refractivity contribution in [1.82, 2.24) is 0 Å². The molecule has 1 aliphatic heterocycles. The van der Waals surface area contributed by atoms with Crippen molar-refractivity contribution >= 4 is 12.7 Å². The van der Waals surface area contributed by atoms with E-state index in [4.69, 9.17) is 9.39 Å². The molecule has 0 spiro atoms. The fraction of sp³-hybridized carbons (Fsp3) is 0.417. The van der Waals surface area contributed by atoms with Gasteiger partial charge in [0.1, 0.15) is 19.0 Å². The van der Waals surface area contributed by atoms with Crippen LogP contribution in [0, 0.1) is 0 Å². The van der Waals surface area contributed by atoms with E-state index in [-0.39, 0.29) is 24.0 Å². The molecule has 2 N–H and O–H groups in total. The fourth-order valence-electron chi connectivity index (χ4n) is 2.77. The first kappa shape index (κ1) is 13.2. The third-order valence-electron chi connectivity index (χ3n) is 3.78. The summed E-state index contributed by atoms with van der Waals surface area (Å²) < 4.78 is 22.2. The topological polar surface area (TPSA) is 99.1 Å². The smallest absolute Gasteiger partial charge is 0.434 e. The Kier molecular flexibility index (Phi) is 2.88. The number of aromatic carboxylic acids is 1. The predicted octanol–water partition coefficient (Wildman–Crippen LogP) is -0.428. The van der Waals surface area contributed by atoms with E-state index < -0.39 is 30.8 Å². The molecule has 2 aliphatic rings. The molecule has 1 saturated carbocycles. The molecular formula is C12H12BFO6-2. The number of benzene rings is 1. The van der Waals surface area contributed by atoms with Crippen LogP contribution < -0.4 is 14.5 Å². The van der Waals surface area contributed by atoms with Crippen LogP contribution in [0.4, 0.5) is 4.39 Å². The second kappa shape index (κ2) is 4.36. The van der Waals surface area contributed by atoms with E-state index in [2.05, 4.69) is 0 Å². The molecule has 1 aromatic carbocycles. The number of carbonyl (C=O) groups excluding carboxylic acids is 1. The normalized spacial score (nSPS) is 25.1. The number of carbonyl (C=O) groups is 1. The van der Waals surface area contributed by atoms with Gasteiger partial charge in [0, 0.05) is 0 Å². The summed E-state index contributed by atoms with van der Waals surface area (Å²) >= 11 is 0. The summed E-state index contributed by atoms with van der Waals surface area (Å²) in [7, 11) is 0. The van der Waals surface area contributed by atoms with Crippen molar-refractivity contribution in [1.29, 1.82) is 0 Å². The minimum Gasteiger partial charge on any atom is -0.669 e. The third-order valence-corrected chi connectivity index (χ3v) is 3.78. The van der Waals surface area contributed by atoms with Crippen molar-refractivity contribution in [2.24, 2.45) is 0 Å². The average Bonchev–Trinajstić information content (AvgIpc) is 3.16. The van der Waals surface area contributed by atoms with E-state index >= 15 is 0 Å². The first-order valence-corrected chi connectivity index (χ1v) is 6.31. The summed E-state index contributed by atoms with van der Waals surface area (Å²) in [6, 6.07) is 3.01. The number of alkyl halides is 1. The first-order valence-electron chi connectivity index (χ1n) is 6.31. The number of fused-ring (bicyclic) bond motifs is 3. The lowest BCUT2D eigenvalue weighted by Crippen LogP contribution is -2.46. The van der Waals surface area contributed by atoms with Crippen LogP contribution in [0.1, 0.15) is 28.3 Å². The number of carboxylic acids is 1. The van der Waals surface area contributed by atoms with Gasteiger partial charge in [0.2, 0.25) is 0 Å². The van der Waals surface area contributed by atoms with Crippen LogP contribution >= 0.6 is 0 Å². The van der Waals surface area contributed by atoms with Crippen LogP contribution in [-0.2, 0) is 0 Å². The molecule has 1 heterocycles. The number of carboxylic acid groups (broad SMARTS) is 1. The zero-order chi connectivity index (χ0) is 14.5. The highest BCUT2D eigenvalue weighted by molar-refractivity contribution is 6.62. The molecule has 1 aromatic rings. The summed E-state index contributed by atoms with van der Waals surface area (Å²) in [6.45, 7) is -4.17. The lowest BCUT2D eigenvalue weighted by atomic mass is 9.68. The highest BCUT2D eigenvalue weighted by Crippen LogP contribution is 2.63. The average molecular weight is 282 g/mol. The Labute approximate surface area is 113 Å². The highest BCUT2D eigenvalue weighted by Gasteiger charge is 2.55. The quantitative estimate of drug-likeness (QED) is 0.727. The second-order valence-electron chi connectivity index (χ2n) is 5.07. The van der Waals surface area contributed by atoms with Crippen LogP contribution in [0.2, 0.25) is 5.82 Å². The molecule has 108 valence electrons. The Balaban J connectivity index is 2.08. The van der Waals surface area contributed by atoms with Gasteiger partial charge in [-0.05, 0) is 17.5 Å². The van der Waals surface area contributed by atoms with Crippen LogP contribution in [0.5, 0.6) is 11.5 Å². The molecule has 0 saturated heterocycles. The van der Waals surface area contributed by atoms with Gasteiger partial charge in [-0.2, -0.15) is 0 Å². The van der Waals surface area contributed by atoms with Crippen molar-refractivity contribution < 1.29 is 33.7 Å². The van der Waals surface area contributed by atoms with Crippen molar-refractivity contribution in [3.05, 3.63) is 23.3 Å². The Bertz CT molecular complexity index is 575. The molecule has 20 heavy (non-hydrogen) atoms. The van der Waals surface area contributed by atoms with E-state index in [1.54, 1.807) is 6.07 Å². The molecular weight excluding hydrogens is 270 g/mol. The van der Waals surface area contributed by atoms with Gasteiger partial charge in [-0.3, -0.25) is 0 Å². The zero-order valence-corrected chi connectivity index (χ0v) is 10.4. The summed E-state index contributed by atoms with van der Waals surface area (Å²) in [4.78, 5) is 11.3. The maximum atomic E-state index is 12.1. The van der Waals surface area contributed by atoms with Crippen LogP contribution in [0.15, 0.2) is 12.1 Å². The van der Waals surface area contributed by atoms with E-state index in [0.717, 1.165) is 0 Å². The van der Waals surface area contributed by atoms with E-state index in [1.165, 1.54) is 6.07 Å². The largest absolute Gasteiger partial charge is 0.669 e.